The minimum atomic E-state index is -1.04. The fraction of sp³-hybridized carbons (Fsp3) is 0.150. The van der Waals surface area contributed by atoms with Crippen LogP contribution in [0.5, 0.6) is 5.75 Å². The fourth-order valence-corrected chi connectivity index (χ4v) is 3.36. The van der Waals surface area contributed by atoms with Crippen molar-refractivity contribution in [1.82, 2.24) is 9.78 Å². The van der Waals surface area contributed by atoms with E-state index in [9.17, 15) is 19.2 Å². The Morgan fingerprint density at radius 2 is 1.70 bits per heavy atom. The van der Waals surface area contributed by atoms with Gasteiger partial charge in [0.15, 0.2) is 11.8 Å². The molecule has 0 saturated carbocycles. The van der Waals surface area contributed by atoms with Crippen LogP contribution >= 0.6 is 0 Å². The second-order valence-corrected chi connectivity index (χ2v) is 6.70. The second-order valence-electron chi connectivity index (χ2n) is 6.70. The summed E-state index contributed by atoms with van der Waals surface area (Å²) < 4.78 is 6.43. The van der Waals surface area contributed by atoms with Crippen molar-refractivity contribution in [3.05, 3.63) is 64.6 Å². The largest absolute Gasteiger partial charge is 0.477 e. The number of carbonyl (C=O) groups is 3. The lowest BCUT2D eigenvalue weighted by Gasteiger charge is -2.33. The minimum Gasteiger partial charge on any atom is -0.477 e. The average molecular weight is 407 g/mol. The van der Waals surface area contributed by atoms with Crippen molar-refractivity contribution in [2.75, 3.05) is 11.4 Å². The normalized spacial score (nSPS) is 15.3. The SMILES string of the molecule is NC(=O)c1nn(CC(=O)N2C[C@H](C(N)=O)Oc3ccccc32)c(=O)c2ccccc12. The van der Waals surface area contributed by atoms with Gasteiger partial charge in [-0.3, -0.25) is 19.2 Å². The summed E-state index contributed by atoms with van der Waals surface area (Å²) in [5.74, 6) is -1.76. The molecule has 1 aliphatic heterocycles. The molecule has 0 fully saturated rings. The van der Waals surface area contributed by atoms with Crippen LogP contribution in [-0.4, -0.2) is 40.2 Å². The summed E-state index contributed by atoms with van der Waals surface area (Å²) in [5.41, 5.74) is 10.5. The van der Waals surface area contributed by atoms with Crippen molar-refractivity contribution in [1.29, 1.82) is 0 Å². The molecule has 0 unspecified atom stereocenters. The van der Waals surface area contributed by atoms with E-state index in [1.807, 2.05) is 0 Å². The molecular formula is C20H17N5O5. The van der Waals surface area contributed by atoms with E-state index in [4.69, 9.17) is 16.2 Å². The zero-order valence-corrected chi connectivity index (χ0v) is 15.6. The molecule has 0 saturated heterocycles. The molecule has 2 aromatic carbocycles. The van der Waals surface area contributed by atoms with Crippen LogP contribution in [-0.2, 0) is 16.1 Å². The summed E-state index contributed by atoms with van der Waals surface area (Å²) in [6.45, 7) is -0.583. The first-order valence-electron chi connectivity index (χ1n) is 9.02. The van der Waals surface area contributed by atoms with Gasteiger partial charge < -0.3 is 21.1 Å². The topological polar surface area (TPSA) is 151 Å². The number of carbonyl (C=O) groups excluding carboxylic acids is 3. The zero-order chi connectivity index (χ0) is 21.4. The van der Waals surface area contributed by atoms with Gasteiger partial charge in [0.25, 0.3) is 17.4 Å². The molecule has 0 aliphatic carbocycles. The Bertz CT molecular complexity index is 1250. The molecule has 1 aromatic heterocycles. The van der Waals surface area contributed by atoms with Crippen LogP contribution in [0.2, 0.25) is 0 Å². The molecule has 4 rings (SSSR count). The van der Waals surface area contributed by atoms with Gasteiger partial charge in [0, 0.05) is 5.39 Å². The summed E-state index contributed by atoms with van der Waals surface area (Å²) in [6.07, 6.45) is -1.04. The van der Waals surface area contributed by atoms with Gasteiger partial charge in [-0.05, 0) is 18.2 Å². The maximum absolute atomic E-state index is 13.1. The predicted molar refractivity (Wildman–Crippen MR) is 107 cm³/mol. The number of hydrogen-bond acceptors (Lipinski definition) is 6. The van der Waals surface area contributed by atoms with E-state index >= 15 is 0 Å². The number of primary amides is 2. The van der Waals surface area contributed by atoms with Crippen LogP contribution in [0, 0.1) is 0 Å². The van der Waals surface area contributed by atoms with Crippen LogP contribution in [0.15, 0.2) is 53.3 Å². The summed E-state index contributed by atoms with van der Waals surface area (Å²) in [4.78, 5) is 50.7. The number of rotatable bonds is 4. The van der Waals surface area contributed by atoms with Crippen LogP contribution < -0.4 is 26.7 Å². The highest BCUT2D eigenvalue weighted by Gasteiger charge is 2.33. The van der Waals surface area contributed by atoms with Gasteiger partial charge in [-0.25, -0.2) is 4.68 Å². The molecule has 4 N–H and O–H groups in total. The highest BCUT2D eigenvalue weighted by Crippen LogP contribution is 2.33. The van der Waals surface area contributed by atoms with E-state index in [0.717, 1.165) is 4.68 Å². The Labute approximate surface area is 169 Å². The number of hydrogen-bond donors (Lipinski definition) is 2. The van der Waals surface area contributed by atoms with Crippen LogP contribution in [0.4, 0.5) is 5.69 Å². The molecule has 0 spiro atoms. The number of fused-ring (bicyclic) bond motifs is 2. The van der Waals surface area contributed by atoms with E-state index in [1.54, 1.807) is 42.5 Å². The first-order chi connectivity index (χ1) is 14.4. The van der Waals surface area contributed by atoms with E-state index in [-0.39, 0.29) is 17.6 Å². The third kappa shape index (κ3) is 3.24. The van der Waals surface area contributed by atoms with Crippen LogP contribution in [0.1, 0.15) is 10.5 Å². The first-order valence-corrected chi connectivity index (χ1v) is 9.02. The Kier molecular flexibility index (Phi) is 4.66. The summed E-state index contributed by atoms with van der Waals surface area (Å²) in [6, 6.07) is 13.0. The molecule has 0 radical (unpaired) electrons. The van der Waals surface area contributed by atoms with Gasteiger partial charge in [-0.15, -0.1) is 0 Å². The molecule has 3 amide bonds. The third-order valence-electron chi connectivity index (χ3n) is 4.78. The van der Waals surface area contributed by atoms with Gasteiger partial charge in [-0.2, -0.15) is 5.10 Å². The van der Waals surface area contributed by atoms with Gasteiger partial charge in [0.05, 0.1) is 17.6 Å². The molecule has 10 heteroatoms. The predicted octanol–water partition coefficient (Wildman–Crippen LogP) is -0.225. The summed E-state index contributed by atoms with van der Waals surface area (Å²) in [5, 5.41) is 4.53. The maximum atomic E-state index is 13.1. The Morgan fingerprint density at radius 3 is 2.40 bits per heavy atom. The highest BCUT2D eigenvalue weighted by atomic mass is 16.5. The highest BCUT2D eigenvalue weighted by molar-refractivity contribution is 6.04. The van der Waals surface area contributed by atoms with Gasteiger partial charge >= 0.3 is 0 Å². The molecule has 152 valence electrons. The summed E-state index contributed by atoms with van der Waals surface area (Å²) in [7, 11) is 0. The molecule has 1 aliphatic rings. The molecule has 10 nitrogen and oxygen atoms in total. The van der Waals surface area contributed by atoms with E-state index in [2.05, 4.69) is 5.10 Å². The number of anilines is 1. The number of aromatic nitrogens is 2. The molecule has 2 heterocycles. The lowest BCUT2D eigenvalue weighted by Crippen LogP contribution is -2.50. The number of nitrogens with two attached hydrogens (primary N) is 2. The Balaban J connectivity index is 1.75. The van der Waals surface area contributed by atoms with Crippen molar-refractivity contribution in [2.45, 2.75) is 12.6 Å². The quantitative estimate of drug-likeness (QED) is 0.610. The monoisotopic (exact) mass is 407 g/mol. The minimum absolute atomic E-state index is 0.115. The van der Waals surface area contributed by atoms with E-state index in [1.165, 1.54) is 11.0 Å². The maximum Gasteiger partial charge on any atom is 0.275 e. The van der Waals surface area contributed by atoms with Crippen molar-refractivity contribution >= 4 is 34.2 Å². The molecule has 1 atom stereocenters. The van der Waals surface area contributed by atoms with Crippen molar-refractivity contribution < 1.29 is 19.1 Å². The standard InChI is InChI=1S/C20H17N5O5/c21-18(27)15-9-24(13-7-3-4-8-14(13)30-15)16(26)10-25-20(29)12-6-2-1-5-11(12)17(23-25)19(22)28/h1-8,15H,9-10H2,(H2,21,27)(H2,22,28)/t15-/m1/s1. The number of nitrogens with zero attached hydrogens (tertiary/aromatic N) is 3. The Morgan fingerprint density at radius 1 is 1.03 bits per heavy atom. The number of para-hydroxylation sites is 2. The van der Waals surface area contributed by atoms with Crippen molar-refractivity contribution in [2.24, 2.45) is 11.5 Å². The van der Waals surface area contributed by atoms with Gasteiger partial charge in [0.1, 0.15) is 12.3 Å². The summed E-state index contributed by atoms with van der Waals surface area (Å²) >= 11 is 0. The smallest absolute Gasteiger partial charge is 0.275 e. The number of ether oxygens (including phenoxy) is 1. The molecule has 30 heavy (non-hydrogen) atoms. The number of benzene rings is 2. The van der Waals surface area contributed by atoms with Crippen LogP contribution in [0.3, 0.4) is 0 Å². The van der Waals surface area contributed by atoms with Crippen molar-refractivity contribution in [3.63, 3.8) is 0 Å². The lowest BCUT2D eigenvalue weighted by atomic mass is 10.1. The second kappa shape index (κ2) is 7.32. The Hall–Kier alpha value is -4.21. The number of amides is 3. The van der Waals surface area contributed by atoms with Crippen molar-refractivity contribution in [3.8, 4) is 5.75 Å². The molecule has 0 bridgehead atoms. The van der Waals surface area contributed by atoms with E-state index < -0.39 is 35.9 Å². The molecular weight excluding hydrogens is 390 g/mol. The molecule has 3 aromatic rings. The van der Waals surface area contributed by atoms with Gasteiger partial charge in [-0.1, -0.05) is 30.3 Å². The lowest BCUT2D eigenvalue weighted by molar-refractivity contribution is -0.125. The average Bonchev–Trinajstić information content (AvgIpc) is 2.74. The zero-order valence-electron chi connectivity index (χ0n) is 15.6. The third-order valence-corrected chi connectivity index (χ3v) is 4.78. The van der Waals surface area contributed by atoms with Gasteiger partial charge in [0.2, 0.25) is 5.91 Å². The first kappa shape index (κ1) is 19.1. The van der Waals surface area contributed by atoms with Crippen LogP contribution in [0.25, 0.3) is 10.8 Å². The van der Waals surface area contributed by atoms with E-state index in [0.29, 0.717) is 16.8 Å². The fourth-order valence-electron chi connectivity index (χ4n) is 3.36.